The Labute approximate surface area is 163 Å². The van der Waals surface area contributed by atoms with E-state index in [1.54, 1.807) is 0 Å². The Balaban J connectivity index is 1.85. The summed E-state index contributed by atoms with van der Waals surface area (Å²) in [7, 11) is 0. The van der Waals surface area contributed by atoms with Gasteiger partial charge in [0.15, 0.2) is 0 Å². The van der Waals surface area contributed by atoms with E-state index in [-0.39, 0.29) is 17.5 Å². The Kier molecular flexibility index (Phi) is 5.33. The van der Waals surface area contributed by atoms with Crippen LogP contribution in [0.15, 0.2) is 65.5 Å². The minimum atomic E-state index is -0.466. The first-order valence-corrected chi connectivity index (χ1v) is 9.78. The van der Waals surface area contributed by atoms with E-state index in [0.29, 0.717) is 11.3 Å². The van der Waals surface area contributed by atoms with Crippen LogP contribution in [0.25, 0.3) is 22.4 Å². The number of carbonyl (C=O) groups is 1. The lowest BCUT2D eigenvalue weighted by Crippen LogP contribution is -2.39. The number of amides is 1. The molecule has 5 nitrogen and oxygen atoms in total. The van der Waals surface area contributed by atoms with Crippen molar-refractivity contribution in [3.05, 3.63) is 76.6 Å². The average molecular weight is 373 g/mol. The summed E-state index contributed by atoms with van der Waals surface area (Å²) in [6.07, 6.45) is 5.34. The van der Waals surface area contributed by atoms with E-state index in [9.17, 15) is 9.59 Å². The van der Waals surface area contributed by atoms with Crippen LogP contribution in [0.5, 0.6) is 0 Å². The first-order chi connectivity index (χ1) is 13.7. The molecule has 0 bridgehead atoms. The molecule has 3 aromatic rings. The topological polar surface area (TPSA) is 74.8 Å². The molecule has 142 valence electrons. The smallest absolute Gasteiger partial charge is 0.277 e. The monoisotopic (exact) mass is 373 g/mol. The second-order valence-corrected chi connectivity index (χ2v) is 7.19. The molecule has 0 radical (unpaired) electrons. The second kappa shape index (κ2) is 8.21. The van der Waals surface area contributed by atoms with Gasteiger partial charge in [-0.1, -0.05) is 79.9 Å². The third-order valence-corrected chi connectivity index (χ3v) is 5.26. The summed E-state index contributed by atoms with van der Waals surface area (Å²) in [6, 6.07) is 19.2. The van der Waals surface area contributed by atoms with Crippen LogP contribution in [-0.2, 0) is 0 Å². The lowest BCUT2D eigenvalue weighted by Gasteiger charge is -2.23. The van der Waals surface area contributed by atoms with E-state index < -0.39 is 5.56 Å². The second-order valence-electron chi connectivity index (χ2n) is 7.19. The number of nitrogens with one attached hydrogen (secondary N) is 2. The van der Waals surface area contributed by atoms with Gasteiger partial charge in [0, 0.05) is 17.2 Å². The van der Waals surface area contributed by atoms with Gasteiger partial charge in [-0.25, -0.2) is 5.10 Å². The fourth-order valence-corrected chi connectivity index (χ4v) is 3.86. The summed E-state index contributed by atoms with van der Waals surface area (Å²) in [5.74, 6) is -0.327. The van der Waals surface area contributed by atoms with Crippen LogP contribution in [0.3, 0.4) is 0 Å². The molecule has 0 unspecified atom stereocenters. The first-order valence-electron chi connectivity index (χ1n) is 9.78. The zero-order chi connectivity index (χ0) is 19.3. The van der Waals surface area contributed by atoms with Crippen molar-refractivity contribution in [2.45, 2.75) is 38.1 Å². The summed E-state index contributed by atoms with van der Waals surface area (Å²) in [4.78, 5) is 25.9. The zero-order valence-electron chi connectivity index (χ0n) is 15.7. The fourth-order valence-electron chi connectivity index (χ4n) is 3.86. The van der Waals surface area contributed by atoms with E-state index >= 15 is 0 Å². The maximum Gasteiger partial charge on any atom is 0.277 e. The van der Waals surface area contributed by atoms with Crippen molar-refractivity contribution in [1.82, 2.24) is 15.5 Å². The molecule has 1 fully saturated rings. The number of H-pyrrole nitrogens is 1. The molecule has 5 heteroatoms. The van der Waals surface area contributed by atoms with Gasteiger partial charge in [0.25, 0.3) is 11.5 Å². The summed E-state index contributed by atoms with van der Waals surface area (Å²) in [6.45, 7) is 0. The number of benzene rings is 2. The predicted octanol–water partition coefficient (Wildman–Crippen LogP) is 4.17. The number of rotatable bonds is 4. The maximum absolute atomic E-state index is 13.2. The Bertz CT molecular complexity index is 1010. The number of hydrogen-bond acceptors (Lipinski definition) is 3. The SMILES string of the molecule is O=C(NC1CCCCC1)c1c(-c2ccccc2)c(-c2ccccc2)n[nH]c1=O. The Morgan fingerprint density at radius 1 is 0.893 bits per heavy atom. The van der Waals surface area contributed by atoms with Gasteiger partial charge in [0.2, 0.25) is 0 Å². The van der Waals surface area contributed by atoms with Crippen LogP contribution in [0.2, 0.25) is 0 Å². The Morgan fingerprint density at radius 3 is 2.14 bits per heavy atom. The third-order valence-electron chi connectivity index (χ3n) is 5.26. The Morgan fingerprint density at radius 2 is 1.50 bits per heavy atom. The molecule has 28 heavy (non-hydrogen) atoms. The van der Waals surface area contributed by atoms with E-state index in [2.05, 4.69) is 15.5 Å². The quantitative estimate of drug-likeness (QED) is 0.721. The lowest BCUT2D eigenvalue weighted by atomic mass is 9.93. The number of aromatic amines is 1. The normalized spacial score (nSPS) is 14.6. The van der Waals surface area contributed by atoms with Crippen LogP contribution in [0, 0.1) is 0 Å². The van der Waals surface area contributed by atoms with Crippen molar-refractivity contribution in [3.63, 3.8) is 0 Å². The van der Waals surface area contributed by atoms with Crippen LogP contribution < -0.4 is 10.9 Å². The van der Waals surface area contributed by atoms with Crippen LogP contribution >= 0.6 is 0 Å². The van der Waals surface area contributed by atoms with Gasteiger partial charge in [-0.15, -0.1) is 0 Å². The van der Waals surface area contributed by atoms with Crippen LogP contribution in [0.4, 0.5) is 0 Å². The molecule has 0 spiro atoms. The molecule has 2 aromatic carbocycles. The van der Waals surface area contributed by atoms with E-state index in [1.165, 1.54) is 6.42 Å². The molecule has 1 saturated carbocycles. The zero-order valence-corrected chi connectivity index (χ0v) is 15.7. The number of hydrogen-bond donors (Lipinski definition) is 2. The van der Waals surface area contributed by atoms with Gasteiger partial charge >= 0.3 is 0 Å². The molecule has 1 aliphatic carbocycles. The fraction of sp³-hybridized carbons (Fsp3) is 0.261. The van der Waals surface area contributed by atoms with E-state index in [1.807, 2.05) is 60.7 Å². The number of aromatic nitrogens is 2. The highest BCUT2D eigenvalue weighted by Gasteiger charge is 2.25. The van der Waals surface area contributed by atoms with Gasteiger partial charge in [-0.3, -0.25) is 9.59 Å². The van der Waals surface area contributed by atoms with Crippen molar-refractivity contribution >= 4 is 5.91 Å². The first kappa shape index (κ1) is 18.2. The standard InChI is InChI=1S/C23H23N3O2/c27-22(24-18-14-8-3-9-15-18)20-19(16-10-4-1-5-11-16)21(25-26-23(20)28)17-12-6-2-7-13-17/h1-2,4-7,10-13,18H,3,8-9,14-15H2,(H,24,27)(H,26,28). The summed E-state index contributed by atoms with van der Waals surface area (Å²) in [5, 5.41) is 9.90. The van der Waals surface area contributed by atoms with Crippen LogP contribution in [0.1, 0.15) is 42.5 Å². The third kappa shape index (κ3) is 3.74. The highest BCUT2D eigenvalue weighted by molar-refractivity contribution is 6.03. The molecule has 4 rings (SSSR count). The number of nitrogens with zero attached hydrogens (tertiary/aromatic N) is 1. The molecule has 2 N–H and O–H groups in total. The minimum absolute atomic E-state index is 0.123. The van der Waals surface area contributed by atoms with Gasteiger partial charge in [-0.2, -0.15) is 5.10 Å². The highest BCUT2D eigenvalue weighted by Crippen LogP contribution is 2.31. The van der Waals surface area contributed by atoms with E-state index in [0.717, 1.165) is 36.8 Å². The summed E-state index contributed by atoms with van der Waals surface area (Å²) >= 11 is 0. The minimum Gasteiger partial charge on any atom is -0.349 e. The van der Waals surface area contributed by atoms with Crippen molar-refractivity contribution < 1.29 is 4.79 Å². The van der Waals surface area contributed by atoms with Crippen molar-refractivity contribution in [3.8, 4) is 22.4 Å². The van der Waals surface area contributed by atoms with Gasteiger partial charge in [0.05, 0.1) is 5.69 Å². The van der Waals surface area contributed by atoms with Crippen molar-refractivity contribution in [1.29, 1.82) is 0 Å². The molecule has 1 amide bonds. The van der Waals surface area contributed by atoms with Gasteiger partial charge in [-0.05, 0) is 18.4 Å². The molecule has 0 saturated heterocycles. The molecule has 1 aromatic heterocycles. The van der Waals surface area contributed by atoms with Gasteiger partial charge < -0.3 is 5.32 Å². The maximum atomic E-state index is 13.2. The lowest BCUT2D eigenvalue weighted by molar-refractivity contribution is 0.0926. The predicted molar refractivity (Wildman–Crippen MR) is 110 cm³/mol. The van der Waals surface area contributed by atoms with Crippen molar-refractivity contribution in [2.24, 2.45) is 0 Å². The van der Waals surface area contributed by atoms with Crippen molar-refractivity contribution in [2.75, 3.05) is 0 Å². The molecular formula is C23H23N3O2. The molecule has 1 heterocycles. The van der Waals surface area contributed by atoms with Gasteiger partial charge in [0.1, 0.15) is 5.56 Å². The molecule has 1 aliphatic rings. The molecular weight excluding hydrogens is 350 g/mol. The molecule has 0 aliphatic heterocycles. The largest absolute Gasteiger partial charge is 0.349 e. The average Bonchev–Trinajstić information content (AvgIpc) is 2.75. The summed E-state index contributed by atoms with van der Waals surface area (Å²) < 4.78 is 0. The summed E-state index contributed by atoms with van der Waals surface area (Å²) in [5.41, 5.74) is 2.49. The Hall–Kier alpha value is -3.21. The number of carbonyl (C=O) groups excluding carboxylic acids is 1. The van der Waals surface area contributed by atoms with E-state index in [4.69, 9.17) is 0 Å². The highest BCUT2D eigenvalue weighted by atomic mass is 16.2. The van der Waals surface area contributed by atoms with Crippen LogP contribution in [-0.4, -0.2) is 22.1 Å². The molecule has 0 atom stereocenters.